The lowest BCUT2D eigenvalue weighted by Crippen LogP contribution is -2.14. The zero-order valence-corrected chi connectivity index (χ0v) is 11.4. The van der Waals surface area contributed by atoms with Gasteiger partial charge in [-0.05, 0) is 30.3 Å². The van der Waals surface area contributed by atoms with Crippen LogP contribution in [0.4, 0.5) is 4.39 Å². The summed E-state index contributed by atoms with van der Waals surface area (Å²) in [6.45, 7) is -0.199. The van der Waals surface area contributed by atoms with Gasteiger partial charge in [0.25, 0.3) is 5.56 Å². The number of rotatable bonds is 3. The Morgan fingerprint density at radius 3 is 2.82 bits per heavy atom. The predicted molar refractivity (Wildman–Crippen MR) is 77.9 cm³/mol. The molecule has 3 rings (SSSR count). The molecule has 0 aliphatic heterocycles. The molecule has 0 aliphatic rings. The molecule has 1 aromatic heterocycles. The Balaban J connectivity index is 1.79. The summed E-state index contributed by atoms with van der Waals surface area (Å²) in [4.78, 5) is 30.4. The fourth-order valence-electron chi connectivity index (χ4n) is 2.04. The van der Waals surface area contributed by atoms with Crippen LogP contribution in [0.25, 0.3) is 10.9 Å². The lowest BCUT2D eigenvalue weighted by Gasteiger charge is -2.05. The first-order valence-electron chi connectivity index (χ1n) is 6.54. The van der Waals surface area contributed by atoms with E-state index in [9.17, 15) is 14.0 Å². The van der Waals surface area contributed by atoms with Gasteiger partial charge in [0.2, 0.25) is 0 Å². The molecule has 0 unspecified atom stereocenters. The number of hydrogen-bond donors (Lipinski definition) is 1. The van der Waals surface area contributed by atoms with Gasteiger partial charge in [-0.1, -0.05) is 18.2 Å². The maximum Gasteiger partial charge on any atom is 0.338 e. The number of halogens is 1. The number of benzene rings is 2. The molecule has 0 saturated heterocycles. The van der Waals surface area contributed by atoms with Crippen LogP contribution in [0.3, 0.4) is 0 Å². The van der Waals surface area contributed by atoms with Gasteiger partial charge in [0.05, 0.1) is 16.5 Å². The monoisotopic (exact) mass is 298 g/mol. The number of nitrogens with one attached hydrogen (secondary N) is 1. The van der Waals surface area contributed by atoms with E-state index in [-0.39, 0.29) is 23.6 Å². The fraction of sp³-hybridized carbons (Fsp3) is 0.0625. The second kappa shape index (κ2) is 5.77. The van der Waals surface area contributed by atoms with Crippen molar-refractivity contribution in [2.75, 3.05) is 0 Å². The average Bonchev–Trinajstić information content (AvgIpc) is 2.53. The number of ether oxygens (including phenoxy) is 1. The number of aromatic nitrogens is 2. The van der Waals surface area contributed by atoms with Crippen LogP contribution in [0.5, 0.6) is 0 Å². The molecule has 6 heteroatoms. The molecular weight excluding hydrogens is 287 g/mol. The smallest absolute Gasteiger partial charge is 0.338 e. The first kappa shape index (κ1) is 13.9. The van der Waals surface area contributed by atoms with Crippen molar-refractivity contribution in [3.8, 4) is 0 Å². The molecule has 5 nitrogen and oxygen atoms in total. The summed E-state index contributed by atoms with van der Waals surface area (Å²) in [6.07, 6.45) is 0. The van der Waals surface area contributed by atoms with Crippen molar-refractivity contribution in [2.45, 2.75) is 6.61 Å². The minimum atomic E-state index is -0.685. The van der Waals surface area contributed by atoms with Gasteiger partial charge < -0.3 is 9.72 Å². The summed E-state index contributed by atoms with van der Waals surface area (Å²) in [5.74, 6) is -0.976. The highest BCUT2D eigenvalue weighted by molar-refractivity contribution is 5.89. The van der Waals surface area contributed by atoms with E-state index in [0.717, 1.165) is 6.07 Å². The number of carbonyl (C=O) groups is 1. The summed E-state index contributed by atoms with van der Waals surface area (Å²) in [5, 5.41) is 0.461. The molecule has 3 aromatic rings. The van der Waals surface area contributed by atoms with E-state index in [1.807, 2.05) is 0 Å². The first-order valence-corrected chi connectivity index (χ1v) is 6.54. The van der Waals surface area contributed by atoms with Crippen LogP contribution in [0.15, 0.2) is 53.3 Å². The summed E-state index contributed by atoms with van der Waals surface area (Å²) in [7, 11) is 0. The van der Waals surface area contributed by atoms with E-state index in [2.05, 4.69) is 9.97 Å². The number of nitrogens with zero attached hydrogens (tertiary/aromatic N) is 1. The molecule has 0 radical (unpaired) electrons. The minimum Gasteiger partial charge on any atom is -0.454 e. The van der Waals surface area contributed by atoms with E-state index in [1.165, 1.54) is 18.2 Å². The van der Waals surface area contributed by atoms with Gasteiger partial charge in [-0.15, -0.1) is 0 Å². The van der Waals surface area contributed by atoms with Crippen LogP contribution in [-0.2, 0) is 11.3 Å². The lowest BCUT2D eigenvalue weighted by molar-refractivity contribution is 0.0462. The molecule has 0 atom stereocenters. The molecule has 1 heterocycles. The van der Waals surface area contributed by atoms with E-state index in [1.54, 1.807) is 24.3 Å². The molecule has 0 amide bonds. The maximum atomic E-state index is 13.1. The number of fused-ring (bicyclic) bond motifs is 1. The van der Waals surface area contributed by atoms with Crippen LogP contribution >= 0.6 is 0 Å². The third-order valence-electron chi connectivity index (χ3n) is 3.06. The van der Waals surface area contributed by atoms with Crippen molar-refractivity contribution < 1.29 is 13.9 Å². The third-order valence-corrected chi connectivity index (χ3v) is 3.06. The minimum absolute atomic E-state index is 0.100. The van der Waals surface area contributed by atoms with E-state index < -0.39 is 11.8 Å². The molecule has 0 fully saturated rings. The third kappa shape index (κ3) is 2.85. The van der Waals surface area contributed by atoms with Crippen LogP contribution in [0.1, 0.15) is 16.2 Å². The van der Waals surface area contributed by atoms with Crippen LogP contribution < -0.4 is 5.56 Å². The lowest BCUT2D eigenvalue weighted by atomic mass is 10.2. The molecular formula is C16H11FN2O3. The topological polar surface area (TPSA) is 72.0 Å². The van der Waals surface area contributed by atoms with E-state index in [0.29, 0.717) is 10.9 Å². The first-order chi connectivity index (χ1) is 10.6. The van der Waals surface area contributed by atoms with Gasteiger partial charge in [-0.25, -0.2) is 14.2 Å². The van der Waals surface area contributed by atoms with Gasteiger partial charge in [-0.3, -0.25) is 4.79 Å². The average molecular weight is 298 g/mol. The predicted octanol–water partition coefficient (Wildman–Crippen LogP) is 2.42. The maximum absolute atomic E-state index is 13.1. The van der Waals surface area contributed by atoms with Gasteiger partial charge >= 0.3 is 5.97 Å². The van der Waals surface area contributed by atoms with Gasteiger partial charge in [-0.2, -0.15) is 0 Å². The number of H-pyrrole nitrogens is 1. The second-order valence-electron chi connectivity index (χ2n) is 4.62. The molecule has 0 spiro atoms. The SMILES string of the molecule is O=C(OCc1nc2ccccc2c(=O)[nH]1)c1cccc(F)c1. The number of para-hydroxylation sites is 1. The quantitative estimate of drug-likeness (QED) is 0.754. The number of carbonyl (C=O) groups excluding carboxylic acids is 1. The molecule has 0 aliphatic carbocycles. The Kier molecular flexibility index (Phi) is 3.65. The van der Waals surface area contributed by atoms with Crippen molar-refractivity contribution >= 4 is 16.9 Å². The van der Waals surface area contributed by atoms with Gasteiger partial charge in [0.15, 0.2) is 0 Å². The van der Waals surface area contributed by atoms with E-state index in [4.69, 9.17) is 4.74 Å². The second-order valence-corrected chi connectivity index (χ2v) is 4.62. The zero-order chi connectivity index (χ0) is 15.5. The van der Waals surface area contributed by atoms with Gasteiger partial charge in [0.1, 0.15) is 18.2 Å². The summed E-state index contributed by atoms with van der Waals surface area (Å²) < 4.78 is 18.1. The largest absolute Gasteiger partial charge is 0.454 e. The highest BCUT2D eigenvalue weighted by atomic mass is 19.1. The Bertz CT molecular complexity index is 905. The standard InChI is InChI=1S/C16H11FN2O3/c17-11-5-3-4-10(8-11)16(21)22-9-14-18-13-7-2-1-6-12(13)15(20)19-14/h1-8H,9H2,(H,18,19,20). The Morgan fingerprint density at radius 1 is 1.18 bits per heavy atom. The Morgan fingerprint density at radius 2 is 2.00 bits per heavy atom. The Hall–Kier alpha value is -3.02. The fourth-order valence-corrected chi connectivity index (χ4v) is 2.04. The highest BCUT2D eigenvalue weighted by Gasteiger charge is 2.10. The molecule has 110 valence electrons. The van der Waals surface area contributed by atoms with Crippen molar-refractivity contribution in [3.63, 3.8) is 0 Å². The number of aromatic amines is 1. The Labute approximate surface area is 124 Å². The number of hydrogen-bond acceptors (Lipinski definition) is 4. The normalized spacial score (nSPS) is 10.6. The molecule has 2 aromatic carbocycles. The van der Waals surface area contributed by atoms with Gasteiger partial charge in [0, 0.05) is 0 Å². The van der Waals surface area contributed by atoms with Crippen LogP contribution in [0.2, 0.25) is 0 Å². The van der Waals surface area contributed by atoms with Crippen LogP contribution in [0, 0.1) is 5.82 Å². The van der Waals surface area contributed by atoms with Crippen molar-refractivity contribution in [3.05, 3.63) is 76.1 Å². The summed E-state index contributed by atoms with van der Waals surface area (Å²) in [6, 6.07) is 12.0. The van der Waals surface area contributed by atoms with Crippen molar-refractivity contribution in [2.24, 2.45) is 0 Å². The summed E-state index contributed by atoms with van der Waals surface area (Å²) in [5.41, 5.74) is 0.314. The molecule has 0 saturated carbocycles. The van der Waals surface area contributed by atoms with Crippen molar-refractivity contribution in [1.82, 2.24) is 9.97 Å². The molecule has 1 N–H and O–H groups in total. The summed E-state index contributed by atoms with van der Waals surface area (Å²) >= 11 is 0. The molecule has 22 heavy (non-hydrogen) atoms. The van der Waals surface area contributed by atoms with Crippen LogP contribution in [-0.4, -0.2) is 15.9 Å². The number of esters is 1. The molecule has 0 bridgehead atoms. The van der Waals surface area contributed by atoms with E-state index >= 15 is 0 Å². The van der Waals surface area contributed by atoms with Crippen molar-refractivity contribution in [1.29, 1.82) is 0 Å². The zero-order valence-electron chi connectivity index (χ0n) is 11.4. The highest BCUT2D eigenvalue weighted by Crippen LogP contribution is 2.08.